The second-order valence-electron chi connectivity index (χ2n) is 8.56. The normalized spacial score (nSPS) is 15.6. The van der Waals surface area contributed by atoms with Crippen molar-refractivity contribution in [2.75, 3.05) is 5.01 Å². The molecule has 2 N–H and O–H groups in total. The number of para-hydroxylation sites is 1. The topological polar surface area (TPSA) is 105 Å². The monoisotopic (exact) mass is 484 g/mol. The molecule has 0 radical (unpaired) electrons. The highest BCUT2D eigenvalue weighted by Crippen LogP contribution is 2.25. The first-order valence-electron chi connectivity index (χ1n) is 11.7. The van der Waals surface area contributed by atoms with Gasteiger partial charge >= 0.3 is 5.97 Å². The van der Waals surface area contributed by atoms with Crippen molar-refractivity contribution in [2.24, 2.45) is 10.8 Å². The smallest absolute Gasteiger partial charge is 0.355 e. The fourth-order valence-electron chi connectivity index (χ4n) is 4.03. The highest BCUT2D eigenvalue weighted by Gasteiger charge is 2.37. The van der Waals surface area contributed by atoms with Gasteiger partial charge in [0.25, 0.3) is 5.91 Å². The van der Waals surface area contributed by atoms with E-state index < -0.39 is 24.0 Å². The standard InChI is InChI=1S/C28H28N4O4/c1-20(27(34)31(18-21-11-5-2-6-12-21)19-22-13-7-3-8-14-22)36-28(35)24-17-25(26(29)33)32(30-24)23-15-9-4-10-16-23/h2-16,20,25H,17-19H2,1H3,(H2,29,33)/t20-,25+/m0/s1. The molecule has 8 nitrogen and oxygen atoms in total. The lowest BCUT2D eigenvalue weighted by atomic mass is 10.1. The van der Waals surface area contributed by atoms with Gasteiger partial charge in [-0.05, 0) is 30.2 Å². The molecule has 0 spiro atoms. The average molecular weight is 485 g/mol. The molecule has 1 aliphatic heterocycles. The van der Waals surface area contributed by atoms with E-state index in [2.05, 4.69) is 5.10 Å². The number of nitrogens with zero attached hydrogens (tertiary/aromatic N) is 3. The van der Waals surface area contributed by atoms with Gasteiger partial charge in [-0.3, -0.25) is 14.6 Å². The van der Waals surface area contributed by atoms with Crippen LogP contribution in [0.5, 0.6) is 0 Å². The fourth-order valence-corrected chi connectivity index (χ4v) is 4.03. The number of primary amides is 1. The number of carbonyl (C=O) groups excluding carboxylic acids is 3. The highest BCUT2D eigenvalue weighted by molar-refractivity contribution is 6.38. The predicted octanol–water partition coefficient (Wildman–Crippen LogP) is 3.27. The average Bonchev–Trinajstić information content (AvgIpc) is 3.36. The number of anilines is 1. The van der Waals surface area contributed by atoms with Crippen LogP contribution >= 0.6 is 0 Å². The maximum absolute atomic E-state index is 13.4. The third-order valence-corrected chi connectivity index (χ3v) is 5.87. The molecule has 3 aromatic rings. The van der Waals surface area contributed by atoms with Gasteiger partial charge in [-0.15, -0.1) is 0 Å². The van der Waals surface area contributed by atoms with Crippen molar-refractivity contribution in [2.45, 2.75) is 38.6 Å². The summed E-state index contributed by atoms with van der Waals surface area (Å²) in [6.07, 6.45) is -1.05. The van der Waals surface area contributed by atoms with E-state index in [4.69, 9.17) is 10.5 Å². The SMILES string of the molecule is C[C@H](OC(=O)C1=NN(c2ccccc2)[C@@H](C(N)=O)C1)C(=O)N(Cc1ccccc1)Cc1ccccc1. The van der Waals surface area contributed by atoms with Crippen molar-refractivity contribution in [3.8, 4) is 0 Å². The van der Waals surface area contributed by atoms with E-state index in [-0.39, 0.29) is 18.0 Å². The van der Waals surface area contributed by atoms with Gasteiger partial charge in [0.05, 0.1) is 5.69 Å². The van der Waals surface area contributed by atoms with E-state index in [1.807, 2.05) is 66.7 Å². The molecule has 1 heterocycles. The quantitative estimate of drug-likeness (QED) is 0.470. The summed E-state index contributed by atoms with van der Waals surface area (Å²) in [4.78, 5) is 40.0. The lowest BCUT2D eigenvalue weighted by Crippen LogP contribution is -2.41. The van der Waals surface area contributed by atoms with Crippen LogP contribution in [0.25, 0.3) is 0 Å². The molecule has 1 aliphatic rings. The van der Waals surface area contributed by atoms with Gasteiger partial charge in [-0.25, -0.2) is 4.79 Å². The van der Waals surface area contributed by atoms with Crippen LogP contribution in [-0.4, -0.2) is 40.5 Å². The molecule has 3 aromatic carbocycles. The minimum atomic E-state index is -1.05. The lowest BCUT2D eigenvalue weighted by molar-refractivity contribution is -0.154. The van der Waals surface area contributed by atoms with Gasteiger partial charge in [-0.1, -0.05) is 78.9 Å². The van der Waals surface area contributed by atoms with E-state index in [1.54, 1.807) is 36.1 Å². The van der Waals surface area contributed by atoms with Crippen LogP contribution < -0.4 is 10.7 Å². The number of esters is 1. The summed E-state index contributed by atoms with van der Waals surface area (Å²) < 4.78 is 5.53. The Hall–Kier alpha value is -4.46. The van der Waals surface area contributed by atoms with Gasteiger partial charge in [0, 0.05) is 19.5 Å². The van der Waals surface area contributed by atoms with Crippen LogP contribution in [0.4, 0.5) is 5.69 Å². The number of carbonyl (C=O) groups is 3. The van der Waals surface area contributed by atoms with Crippen LogP contribution in [0, 0.1) is 0 Å². The first kappa shape index (κ1) is 24.7. The molecule has 0 saturated heterocycles. The first-order chi connectivity index (χ1) is 17.4. The summed E-state index contributed by atoms with van der Waals surface area (Å²) in [5, 5.41) is 5.72. The van der Waals surface area contributed by atoms with Gasteiger partial charge in [0.1, 0.15) is 11.8 Å². The van der Waals surface area contributed by atoms with E-state index in [0.717, 1.165) is 11.1 Å². The lowest BCUT2D eigenvalue weighted by Gasteiger charge is -2.26. The van der Waals surface area contributed by atoms with Gasteiger partial charge in [0.15, 0.2) is 6.10 Å². The van der Waals surface area contributed by atoms with E-state index in [9.17, 15) is 14.4 Å². The zero-order valence-electron chi connectivity index (χ0n) is 20.0. The predicted molar refractivity (Wildman–Crippen MR) is 137 cm³/mol. The van der Waals surface area contributed by atoms with Crippen LogP contribution in [0.1, 0.15) is 24.5 Å². The summed E-state index contributed by atoms with van der Waals surface area (Å²) in [7, 11) is 0. The number of hydrazone groups is 1. The summed E-state index contributed by atoms with van der Waals surface area (Å²) in [5.74, 6) is -1.69. The largest absolute Gasteiger partial charge is 0.448 e. The maximum Gasteiger partial charge on any atom is 0.355 e. The van der Waals surface area contributed by atoms with Crippen molar-refractivity contribution < 1.29 is 19.1 Å². The second kappa shape index (κ2) is 11.3. The van der Waals surface area contributed by atoms with Crippen molar-refractivity contribution in [3.05, 3.63) is 102 Å². The molecule has 2 atom stereocenters. The number of hydrogen-bond acceptors (Lipinski definition) is 6. The Bertz CT molecular complexity index is 1190. The Balaban J connectivity index is 1.48. The van der Waals surface area contributed by atoms with Crippen LogP contribution in [0.15, 0.2) is 96.1 Å². The van der Waals surface area contributed by atoms with E-state index >= 15 is 0 Å². The fraction of sp³-hybridized carbons (Fsp3) is 0.214. The van der Waals surface area contributed by atoms with Crippen LogP contribution in [-0.2, 0) is 32.2 Å². The molecule has 0 saturated carbocycles. The number of benzene rings is 3. The number of amides is 2. The molecule has 4 rings (SSSR count). The summed E-state index contributed by atoms with van der Waals surface area (Å²) in [5.41, 5.74) is 8.15. The van der Waals surface area contributed by atoms with Crippen molar-refractivity contribution in [3.63, 3.8) is 0 Å². The molecule has 2 amide bonds. The summed E-state index contributed by atoms with van der Waals surface area (Å²) in [6.45, 7) is 2.27. The minimum absolute atomic E-state index is 0.00170. The Kier molecular flexibility index (Phi) is 7.75. The second-order valence-corrected chi connectivity index (χ2v) is 8.56. The third-order valence-electron chi connectivity index (χ3n) is 5.87. The molecule has 0 aliphatic carbocycles. The van der Waals surface area contributed by atoms with Crippen LogP contribution in [0.2, 0.25) is 0 Å². The van der Waals surface area contributed by atoms with Crippen LogP contribution in [0.3, 0.4) is 0 Å². The van der Waals surface area contributed by atoms with Gasteiger partial charge in [0.2, 0.25) is 5.91 Å². The molecule has 184 valence electrons. The van der Waals surface area contributed by atoms with Crippen molar-refractivity contribution >= 4 is 29.2 Å². The minimum Gasteiger partial charge on any atom is -0.448 e. The van der Waals surface area contributed by atoms with Crippen molar-refractivity contribution in [1.29, 1.82) is 0 Å². The summed E-state index contributed by atoms with van der Waals surface area (Å²) in [6, 6.07) is 27.4. The maximum atomic E-state index is 13.4. The van der Waals surface area contributed by atoms with Gasteiger partial charge in [-0.2, -0.15) is 5.10 Å². The molecule has 0 bridgehead atoms. The number of ether oxygens (including phenoxy) is 1. The molecule has 0 fully saturated rings. The molecular formula is C28H28N4O4. The molecule has 0 unspecified atom stereocenters. The number of hydrogen-bond donors (Lipinski definition) is 1. The molecule has 36 heavy (non-hydrogen) atoms. The Morgan fingerprint density at radius 2 is 1.42 bits per heavy atom. The van der Waals surface area contributed by atoms with Gasteiger partial charge < -0.3 is 15.4 Å². The Labute approximate surface area is 210 Å². The molecular weight excluding hydrogens is 456 g/mol. The van der Waals surface area contributed by atoms with E-state index in [0.29, 0.717) is 18.8 Å². The highest BCUT2D eigenvalue weighted by atomic mass is 16.5. The Morgan fingerprint density at radius 1 is 0.917 bits per heavy atom. The Morgan fingerprint density at radius 3 is 1.92 bits per heavy atom. The zero-order chi connectivity index (χ0) is 25.5. The number of nitrogens with two attached hydrogens (primary N) is 1. The third kappa shape index (κ3) is 5.96. The number of rotatable bonds is 9. The zero-order valence-corrected chi connectivity index (χ0v) is 20.0. The first-order valence-corrected chi connectivity index (χ1v) is 11.7. The molecule has 0 aromatic heterocycles. The van der Waals surface area contributed by atoms with Crippen molar-refractivity contribution in [1.82, 2.24) is 4.90 Å². The summed E-state index contributed by atoms with van der Waals surface area (Å²) >= 11 is 0. The molecule has 8 heteroatoms. The van der Waals surface area contributed by atoms with E-state index in [1.165, 1.54) is 5.01 Å².